The molecule has 5 nitrogen and oxygen atoms in total. The van der Waals surface area contributed by atoms with Crippen LogP contribution in [0, 0.1) is 5.41 Å². The largest absolute Gasteiger partial charge is 0.496 e. The van der Waals surface area contributed by atoms with E-state index in [9.17, 15) is 14.4 Å². The van der Waals surface area contributed by atoms with Gasteiger partial charge >= 0.3 is 0 Å². The Labute approximate surface area is 135 Å². The Morgan fingerprint density at radius 3 is 2.57 bits per heavy atom. The van der Waals surface area contributed by atoms with Crippen molar-refractivity contribution >= 4 is 17.6 Å². The first-order valence-electron chi connectivity index (χ1n) is 8.08. The lowest BCUT2D eigenvalue weighted by Crippen LogP contribution is -2.39. The summed E-state index contributed by atoms with van der Waals surface area (Å²) in [5, 5.41) is 0. The second-order valence-electron chi connectivity index (χ2n) is 6.43. The molecule has 23 heavy (non-hydrogen) atoms. The molecule has 0 aromatic heterocycles. The number of benzene rings is 1. The number of amides is 2. The van der Waals surface area contributed by atoms with E-state index in [1.165, 1.54) is 7.11 Å². The summed E-state index contributed by atoms with van der Waals surface area (Å²) in [6.45, 7) is -0.195. The Morgan fingerprint density at radius 1 is 1.17 bits per heavy atom. The molecule has 1 aliphatic heterocycles. The summed E-state index contributed by atoms with van der Waals surface area (Å²) in [6.07, 6.45) is 4.85. The van der Waals surface area contributed by atoms with E-state index in [0.29, 0.717) is 11.3 Å². The first-order valence-corrected chi connectivity index (χ1v) is 8.08. The summed E-state index contributed by atoms with van der Waals surface area (Å²) >= 11 is 0. The van der Waals surface area contributed by atoms with E-state index in [0.717, 1.165) is 37.0 Å². The number of Topliss-reactive ketones (excluding diaryl/α,β-unsaturated/α-hetero) is 1. The molecule has 2 amide bonds. The Hall–Kier alpha value is -2.17. The number of ether oxygens (including phenoxy) is 1. The van der Waals surface area contributed by atoms with Gasteiger partial charge in [0, 0.05) is 6.42 Å². The van der Waals surface area contributed by atoms with Gasteiger partial charge in [-0.25, -0.2) is 0 Å². The molecular formula is C18H21NO4. The van der Waals surface area contributed by atoms with Gasteiger partial charge < -0.3 is 4.74 Å². The van der Waals surface area contributed by atoms with Gasteiger partial charge in [0.05, 0.1) is 24.6 Å². The fourth-order valence-electron chi connectivity index (χ4n) is 3.74. The van der Waals surface area contributed by atoms with Gasteiger partial charge in [0.15, 0.2) is 5.78 Å². The van der Waals surface area contributed by atoms with Crippen LogP contribution in [0.4, 0.5) is 0 Å². The molecule has 2 aliphatic rings. The van der Waals surface area contributed by atoms with Crippen molar-refractivity contribution in [2.75, 3.05) is 13.7 Å². The van der Waals surface area contributed by atoms with Gasteiger partial charge in [-0.15, -0.1) is 0 Å². The summed E-state index contributed by atoms with van der Waals surface area (Å²) in [4.78, 5) is 38.7. The van der Waals surface area contributed by atoms with Crippen LogP contribution < -0.4 is 4.74 Å². The number of carbonyl (C=O) groups excluding carboxylic acids is 3. The van der Waals surface area contributed by atoms with Crippen LogP contribution in [0.1, 0.15) is 48.9 Å². The molecule has 1 spiro atoms. The molecule has 122 valence electrons. The third kappa shape index (κ3) is 2.76. The third-order valence-corrected chi connectivity index (χ3v) is 5.01. The van der Waals surface area contributed by atoms with E-state index < -0.39 is 5.41 Å². The van der Waals surface area contributed by atoms with Crippen molar-refractivity contribution in [3.8, 4) is 5.75 Å². The van der Waals surface area contributed by atoms with Crippen molar-refractivity contribution in [1.82, 2.24) is 4.90 Å². The van der Waals surface area contributed by atoms with E-state index in [4.69, 9.17) is 4.74 Å². The van der Waals surface area contributed by atoms with Crippen LogP contribution in [-0.4, -0.2) is 36.2 Å². The normalized spacial score (nSPS) is 20.1. The first-order chi connectivity index (χ1) is 11.1. The molecule has 2 fully saturated rings. The SMILES string of the molecule is COc1ccccc1C(=O)CN1C(=O)CC2(CCCCC2)C1=O. The molecule has 1 heterocycles. The second kappa shape index (κ2) is 6.14. The number of ketones is 1. The average molecular weight is 315 g/mol. The van der Waals surface area contributed by atoms with Crippen LogP contribution in [0.2, 0.25) is 0 Å². The highest BCUT2D eigenvalue weighted by molar-refractivity contribution is 6.11. The van der Waals surface area contributed by atoms with E-state index in [1.807, 2.05) is 0 Å². The highest BCUT2D eigenvalue weighted by atomic mass is 16.5. The standard InChI is InChI=1S/C18H21NO4/c1-23-15-8-4-3-7-13(15)14(20)12-19-16(21)11-18(17(19)22)9-5-2-6-10-18/h3-4,7-8H,2,5-6,9-12H2,1H3. The average Bonchev–Trinajstić information content (AvgIpc) is 2.79. The fraction of sp³-hybridized carbons (Fsp3) is 0.500. The molecule has 0 bridgehead atoms. The predicted octanol–water partition coefficient (Wildman–Crippen LogP) is 2.59. The number of carbonyl (C=O) groups is 3. The van der Waals surface area contributed by atoms with Gasteiger partial charge in [0.1, 0.15) is 5.75 Å². The Kier molecular flexibility index (Phi) is 4.20. The monoisotopic (exact) mass is 315 g/mol. The lowest BCUT2D eigenvalue weighted by molar-refractivity contribution is -0.141. The maximum absolute atomic E-state index is 12.7. The van der Waals surface area contributed by atoms with E-state index in [1.54, 1.807) is 24.3 Å². The molecular weight excluding hydrogens is 294 g/mol. The van der Waals surface area contributed by atoms with Crippen LogP contribution >= 0.6 is 0 Å². The van der Waals surface area contributed by atoms with Crippen molar-refractivity contribution in [2.45, 2.75) is 38.5 Å². The number of para-hydroxylation sites is 1. The van der Waals surface area contributed by atoms with Gasteiger partial charge in [-0.1, -0.05) is 31.4 Å². The van der Waals surface area contributed by atoms with Crippen molar-refractivity contribution in [2.24, 2.45) is 5.41 Å². The number of imide groups is 1. The van der Waals surface area contributed by atoms with Crippen LogP contribution in [0.3, 0.4) is 0 Å². The summed E-state index contributed by atoms with van der Waals surface area (Å²) in [5.74, 6) is -0.188. The molecule has 1 saturated carbocycles. The predicted molar refractivity (Wildman–Crippen MR) is 84.2 cm³/mol. The zero-order valence-electron chi connectivity index (χ0n) is 13.3. The quantitative estimate of drug-likeness (QED) is 0.633. The number of hydrogen-bond donors (Lipinski definition) is 0. The zero-order chi connectivity index (χ0) is 16.4. The summed E-state index contributed by atoms with van der Waals surface area (Å²) in [5.41, 5.74) is -0.142. The van der Waals surface area contributed by atoms with Gasteiger partial charge in [-0.05, 0) is 25.0 Å². The minimum atomic E-state index is -0.545. The molecule has 1 saturated heterocycles. The molecule has 5 heteroatoms. The molecule has 0 atom stereocenters. The van der Waals surface area contributed by atoms with Gasteiger partial charge in [0.2, 0.25) is 11.8 Å². The number of rotatable bonds is 4. The van der Waals surface area contributed by atoms with Crippen LogP contribution in [0.5, 0.6) is 5.75 Å². The smallest absolute Gasteiger partial charge is 0.236 e. The lowest BCUT2D eigenvalue weighted by Gasteiger charge is -2.30. The number of nitrogens with zero attached hydrogens (tertiary/aromatic N) is 1. The molecule has 3 rings (SSSR count). The van der Waals surface area contributed by atoms with Crippen molar-refractivity contribution < 1.29 is 19.1 Å². The van der Waals surface area contributed by atoms with Crippen molar-refractivity contribution in [1.29, 1.82) is 0 Å². The second-order valence-corrected chi connectivity index (χ2v) is 6.43. The number of methoxy groups -OCH3 is 1. The maximum atomic E-state index is 12.7. The number of hydrogen-bond acceptors (Lipinski definition) is 4. The Bertz CT molecular complexity index is 646. The molecule has 0 N–H and O–H groups in total. The summed E-state index contributed by atoms with van der Waals surface area (Å²) < 4.78 is 5.19. The summed E-state index contributed by atoms with van der Waals surface area (Å²) in [7, 11) is 1.50. The van der Waals surface area contributed by atoms with E-state index in [2.05, 4.69) is 0 Å². The highest BCUT2D eigenvalue weighted by Crippen LogP contribution is 2.45. The third-order valence-electron chi connectivity index (χ3n) is 5.01. The maximum Gasteiger partial charge on any atom is 0.236 e. The Balaban J connectivity index is 1.78. The molecule has 0 unspecified atom stereocenters. The summed E-state index contributed by atoms with van der Waals surface area (Å²) in [6, 6.07) is 6.87. The van der Waals surface area contributed by atoms with E-state index in [-0.39, 0.29) is 30.6 Å². The number of likely N-dealkylation sites (tertiary alicyclic amines) is 1. The topological polar surface area (TPSA) is 63.7 Å². The van der Waals surface area contributed by atoms with Crippen LogP contribution in [-0.2, 0) is 9.59 Å². The van der Waals surface area contributed by atoms with Crippen molar-refractivity contribution in [3.05, 3.63) is 29.8 Å². The molecule has 1 aliphatic carbocycles. The fourth-order valence-corrected chi connectivity index (χ4v) is 3.74. The van der Waals surface area contributed by atoms with Gasteiger partial charge in [-0.3, -0.25) is 19.3 Å². The minimum absolute atomic E-state index is 0.162. The van der Waals surface area contributed by atoms with Crippen LogP contribution in [0.15, 0.2) is 24.3 Å². The highest BCUT2D eigenvalue weighted by Gasteiger charge is 2.51. The van der Waals surface area contributed by atoms with Gasteiger partial charge in [0.25, 0.3) is 0 Å². The van der Waals surface area contributed by atoms with Crippen molar-refractivity contribution in [3.63, 3.8) is 0 Å². The lowest BCUT2D eigenvalue weighted by atomic mass is 9.73. The minimum Gasteiger partial charge on any atom is -0.496 e. The zero-order valence-corrected chi connectivity index (χ0v) is 13.3. The Morgan fingerprint density at radius 2 is 1.87 bits per heavy atom. The van der Waals surface area contributed by atoms with Crippen LogP contribution in [0.25, 0.3) is 0 Å². The van der Waals surface area contributed by atoms with Gasteiger partial charge in [-0.2, -0.15) is 0 Å². The molecule has 1 aromatic rings. The molecule has 0 radical (unpaired) electrons. The first kappa shape index (κ1) is 15.7. The van der Waals surface area contributed by atoms with E-state index >= 15 is 0 Å². The molecule has 1 aromatic carbocycles.